The molecule has 0 saturated heterocycles. The van der Waals surface area contributed by atoms with Gasteiger partial charge in [-0.1, -0.05) is 30.3 Å². The molecule has 1 N–H and O–H groups in total. The van der Waals surface area contributed by atoms with E-state index < -0.39 is 0 Å². The summed E-state index contributed by atoms with van der Waals surface area (Å²) in [5.74, 6) is 0. The molecule has 0 bridgehead atoms. The zero-order valence-electron chi connectivity index (χ0n) is 8.10. The number of fused-ring (bicyclic) bond motifs is 3. The predicted octanol–water partition coefficient (Wildman–Crippen LogP) is 1.56. The summed E-state index contributed by atoms with van der Waals surface area (Å²) in [6.07, 6.45) is 0. The number of rotatable bonds is 1. The van der Waals surface area contributed by atoms with E-state index in [1.165, 1.54) is 0 Å². The van der Waals surface area contributed by atoms with Crippen LogP contribution in [0.15, 0.2) is 46.9 Å². The molecule has 0 radical (unpaired) electrons. The fourth-order valence-electron chi connectivity index (χ4n) is 1.87. The molecule has 3 heteroatoms. The average Bonchev–Trinajstić information content (AvgIpc) is 2.66. The average molecular weight is 196 g/mol. The molecule has 72 valence electrons. The molecule has 0 unspecified atom stereocenters. The molecular weight excluding hydrogens is 187 g/mol. The Morgan fingerprint density at radius 3 is 2.60 bits per heavy atom. The molecule has 1 heterocycles. The van der Waals surface area contributed by atoms with E-state index in [0.717, 1.165) is 27.4 Å². The van der Waals surface area contributed by atoms with Gasteiger partial charge in [-0.25, -0.2) is 0 Å². The summed E-state index contributed by atoms with van der Waals surface area (Å²) in [6, 6.07) is 13.7. The van der Waals surface area contributed by atoms with Crippen LogP contribution in [0.4, 0.5) is 0 Å². The highest BCUT2D eigenvalue weighted by Crippen LogP contribution is 2.27. The molecular formula is C12H9BO2. The van der Waals surface area contributed by atoms with Crippen LogP contribution in [0.3, 0.4) is 0 Å². The maximum absolute atomic E-state index is 9.03. The molecule has 0 atom stereocenters. The van der Waals surface area contributed by atoms with Crippen LogP contribution in [-0.4, -0.2) is 12.5 Å². The van der Waals surface area contributed by atoms with Gasteiger partial charge in [-0.2, -0.15) is 0 Å². The Labute approximate surface area is 87.4 Å². The maximum atomic E-state index is 9.03. The quantitative estimate of drug-likeness (QED) is 0.599. The van der Waals surface area contributed by atoms with Gasteiger partial charge in [0.05, 0.1) is 0 Å². The third kappa shape index (κ3) is 1.24. The van der Waals surface area contributed by atoms with E-state index in [2.05, 4.69) is 0 Å². The molecule has 2 aromatic carbocycles. The first-order chi connectivity index (χ1) is 7.38. The van der Waals surface area contributed by atoms with Crippen molar-refractivity contribution in [3.63, 3.8) is 0 Å². The Morgan fingerprint density at radius 2 is 1.73 bits per heavy atom. The van der Waals surface area contributed by atoms with Crippen molar-refractivity contribution in [2.24, 2.45) is 0 Å². The van der Waals surface area contributed by atoms with Crippen LogP contribution in [0, 0.1) is 0 Å². The van der Waals surface area contributed by atoms with Crippen molar-refractivity contribution in [3.8, 4) is 0 Å². The minimum atomic E-state index is 0.0486. The SMILES string of the molecule is OBc1ccc2c(c1)oc1ccccc12. The fraction of sp³-hybridized carbons (Fsp3) is 0. The van der Waals surface area contributed by atoms with Crippen molar-refractivity contribution < 1.29 is 9.44 Å². The smallest absolute Gasteiger partial charge is 0.304 e. The van der Waals surface area contributed by atoms with Crippen LogP contribution in [-0.2, 0) is 0 Å². The molecule has 0 aliphatic heterocycles. The van der Waals surface area contributed by atoms with Crippen LogP contribution in [0.1, 0.15) is 0 Å². The van der Waals surface area contributed by atoms with Gasteiger partial charge < -0.3 is 9.44 Å². The largest absolute Gasteiger partial charge is 0.456 e. The van der Waals surface area contributed by atoms with Crippen LogP contribution < -0.4 is 5.46 Å². The lowest BCUT2D eigenvalue weighted by Gasteiger charge is -1.92. The van der Waals surface area contributed by atoms with Crippen molar-refractivity contribution in [1.29, 1.82) is 0 Å². The lowest BCUT2D eigenvalue weighted by molar-refractivity contribution is 0.615. The van der Waals surface area contributed by atoms with Gasteiger partial charge in [0.1, 0.15) is 11.2 Å². The summed E-state index contributed by atoms with van der Waals surface area (Å²) in [7, 11) is 0.0486. The molecule has 0 saturated carbocycles. The summed E-state index contributed by atoms with van der Waals surface area (Å²) in [5.41, 5.74) is 2.60. The topological polar surface area (TPSA) is 33.4 Å². The van der Waals surface area contributed by atoms with Crippen molar-refractivity contribution in [1.82, 2.24) is 0 Å². The molecule has 0 aliphatic rings. The van der Waals surface area contributed by atoms with Crippen LogP contribution >= 0.6 is 0 Å². The Balaban J connectivity index is 2.43. The highest BCUT2D eigenvalue weighted by atomic mass is 16.3. The Hall–Kier alpha value is -1.74. The van der Waals surface area contributed by atoms with Crippen LogP contribution in [0.5, 0.6) is 0 Å². The van der Waals surface area contributed by atoms with Crippen molar-refractivity contribution in [2.45, 2.75) is 0 Å². The third-order valence-electron chi connectivity index (χ3n) is 2.63. The molecule has 3 rings (SSSR count). The van der Waals surface area contributed by atoms with E-state index in [-0.39, 0.29) is 7.48 Å². The van der Waals surface area contributed by atoms with Gasteiger partial charge in [-0.15, -0.1) is 0 Å². The lowest BCUT2D eigenvalue weighted by Crippen LogP contribution is -2.11. The van der Waals surface area contributed by atoms with E-state index in [4.69, 9.17) is 9.44 Å². The molecule has 2 nitrogen and oxygen atoms in total. The second-order valence-corrected chi connectivity index (χ2v) is 3.59. The first-order valence-corrected chi connectivity index (χ1v) is 4.89. The summed E-state index contributed by atoms with van der Waals surface area (Å²) in [6.45, 7) is 0. The van der Waals surface area contributed by atoms with Crippen LogP contribution in [0.2, 0.25) is 0 Å². The number of hydrogen-bond donors (Lipinski definition) is 1. The predicted molar refractivity (Wildman–Crippen MR) is 62.7 cm³/mol. The molecule has 0 amide bonds. The summed E-state index contributed by atoms with van der Waals surface area (Å²) in [5, 5.41) is 11.3. The number of benzene rings is 2. The molecule has 1 aromatic heterocycles. The zero-order chi connectivity index (χ0) is 10.3. The van der Waals surface area contributed by atoms with Crippen molar-refractivity contribution in [2.75, 3.05) is 0 Å². The number of furan rings is 1. The van der Waals surface area contributed by atoms with Gasteiger partial charge in [-0.05, 0) is 17.6 Å². The first kappa shape index (κ1) is 8.56. The van der Waals surface area contributed by atoms with E-state index in [9.17, 15) is 0 Å². The second kappa shape index (κ2) is 3.14. The van der Waals surface area contributed by atoms with Crippen molar-refractivity contribution in [3.05, 3.63) is 42.5 Å². The first-order valence-electron chi connectivity index (χ1n) is 4.89. The van der Waals surface area contributed by atoms with Gasteiger partial charge in [0.25, 0.3) is 0 Å². The van der Waals surface area contributed by atoms with E-state index in [1.807, 2.05) is 42.5 Å². The standard InChI is InChI=1S/C12H9BO2/c14-13-8-5-6-10-9-3-1-2-4-11(9)15-12(10)7-8/h1-7,13-14H. The molecule has 3 aromatic rings. The summed E-state index contributed by atoms with van der Waals surface area (Å²) < 4.78 is 5.68. The summed E-state index contributed by atoms with van der Waals surface area (Å²) in [4.78, 5) is 0. The van der Waals surface area contributed by atoms with E-state index in [0.29, 0.717) is 0 Å². The summed E-state index contributed by atoms with van der Waals surface area (Å²) >= 11 is 0. The van der Waals surface area contributed by atoms with E-state index in [1.54, 1.807) is 0 Å². The van der Waals surface area contributed by atoms with Gasteiger partial charge in [-0.3, -0.25) is 0 Å². The molecule has 0 spiro atoms. The fourth-order valence-corrected chi connectivity index (χ4v) is 1.87. The van der Waals surface area contributed by atoms with Crippen molar-refractivity contribution >= 4 is 34.9 Å². The minimum Gasteiger partial charge on any atom is -0.456 e. The zero-order valence-corrected chi connectivity index (χ0v) is 8.10. The van der Waals surface area contributed by atoms with Gasteiger partial charge in [0.2, 0.25) is 0 Å². The van der Waals surface area contributed by atoms with E-state index >= 15 is 0 Å². The maximum Gasteiger partial charge on any atom is 0.304 e. The van der Waals surface area contributed by atoms with Gasteiger partial charge in [0, 0.05) is 10.8 Å². The normalized spacial score (nSPS) is 11.0. The van der Waals surface area contributed by atoms with Gasteiger partial charge >= 0.3 is 7.48 Å². The molecule has 15 heavy (non-hydrogen) atoms. The highest BCUT2D eigenvalue weighted by molar-refractivity contribution is 6.46. The molecule has 0 aliphatic carbocycles. The molecule has 0 fully saturated rings. The highest BCUT2D eigenvalue weighted by Gasteiger charge is 2.06. The Morgan fingerprint density at radius 1 is 0.933 bits per heavy atom. The van der Waals surface area contributed by atoms with Crippen LogP contribution in [0.25, 0.3) is 21.9 Å². The lowest BCUT2D eigenvalue weighted by atomic mass is 9.88. The second-order valence-electron chi connectivity index (χ2n) is 3.59. The van der Waals surface area contributed by atoms with Gasteiger partial charge in [0.15, 0.2) is 0 Å². The Kier molecular flexibility index (Phi) is 1.79. The number of hydrogen-bond acceptors (Lipinski definition) is 2. The monoisotopic (exact) mass is 196 g/mol. The number of para-hydroxylation sites is 1. The minimum absolute atomic E-state index is 0.0486. The Bertz CT molecular complexity index is 628. The third-order valence-corrected chi connectivity index (χ3v) is 2.63.